The van der Waals surface area contributed by atoms with Gasteiger partial charge in [-0.15, -0.1) is 11.3 Å². The van der Waals surface area contributed by atoms with Crippen molar-refractivity contribution in [3.63, 3.8) is 0 Å². The van der Waals surface area contributed by atoms with Crippen LogP contribution >= 0.6 is 11.3 Å². The molecule has 92 valence electrons. The van der Waals surface area contributed by atoms with E-state index in [9.17, 15) is 17.6 Å². The zero-order valence-electron chi connectivity index (χ0n) is 9.15. The second-order valence-corrected chi connectivity index (χ2v) is 5.03. The first-order valence-corrected chi connectivity index (χ1v) is 5.52. The number of hydrogen-bond donors (Lipinski definition) is 1. The highest BCUT2D eigenvalue weighted by Gasteiger charge is 2.49. The minimum atomic E-state index is -4.06. The normalized spacial score (nSPS) is 14.5. The predicted molar refractivity (Wildman–Crippen MR) is 56.5 cm³/mol. The van der Waals surface area contributed by atoms with E-state index in [4.69, 9.17) is 0 Å². The van der Waals surface area contributed by atoms with Gasteiger partial charge in [0.25, 0.3) is 0 Å². The van der Waals surface area contributed by atoms with Gasteiger partial charge in [-0.1, -0.05) is 0 Å². The van der Waals surface area contributed by atoms with Crippen molar-refractivity contribution in [2.24, 2.45) is 0 Å². The first-order chi connectivity index (χ1) is 7.30. The molecule has 0 saturated carbocycles. The Morgan fingerprint density at radius 1 is 1.31 bits per heavy atom. The lowest BCUT2D eigenvalue weighted by Crippen LogP contribution is -2.41. The van der Waals surface area contributed by atoms with Crippen LogP contribution in [0.4, 0.5) is 17.6 Å². The SMILES string of the molecule is CNC(c1cc(C)sc1C)C(F)(F)C(F)F. The highest BCUT2D eigenvalue weighted by molar-refractivity contribution is 7.12. The van der Waals surface area contributed by atoms with Crippen LogP contribution in [0, 0.1) is 13.8 Å². The van der Waals surface area contributed by atoms with Crippen LogP contribution < -0.4 is 5.32 Å². The van der Waals surface area contributed by atoms with E-state index in [0.717, 1.165) is 4.88 Å². The van der Waals surface area contributed by atoms with Gasteiger partial charge in [0.1, 0.15) is 6.04 Å². The van der Waals surface area contributed by atoms with Crippen LogP contribution in [-0.2, 0) is 0 Å². The van der Waals surface area contributed by atoms with Crippen molar-refractivity contribution in [1.82, 2.24) is 5.32 Å². The lowest BCUT2D eigenvalue weighted by atomic mass is 10.0. The molecular weight excluding hydrogens is 242 g/mol. The lowest BCUT2D eigenvalue weighted by molar-refractivity contribution is -0.150. The summed E-state index contributed by atoms with van der Waals surface area (Å²) in [6.45, 7) is 3.41. The van der Waals surface area contributed by atoms with Crippen LogP contribution in [0.3, 0.4) is 0 Å². The third kappa shape index (κ3) is 2.38. The quantitative estimate of drug-likeness (QED) is 0.812. The van der Waals surface area contributed by atoms with E-state index in [2.05, 4.69) is 5.32 Å². The molecule has 0 saturated heterocycles. The standard InChI is InChI=1S/C10H13F4NS/c1-5-4-7(6(2)16-5)8(15-3)10(13,14)9(11)12/h4,8-9,15H,1-3H3. The fourth-order valence-electron chi connectivity index (χ4n) is 1.62. The molecule has 1 atom stereocenters. The predicted octanol–water partition coefficient (Wildman–Crippen LogP) is 3.53. The number of hydrogen-bond acceptors (Lipinski definition) is 2. The summed E-state index contributed by atoms with van der Waals surface area (Å²) in [6.07, 6.45) is -3.68. The van der Waals surface area contributed by atoms with Crippen molar-refractivity contribution in [3.05, 3.63) is 21.4 Å². The molecule has 0 aliphatic heterocycles. The van der Waals surface area contributed by atoms with Crippen LogP contribution in [0.25, 0.3) is 0 Å². The number of nitrogens with one attached hydrogen (secondary N) is 1. The number of aryl methyl sites for hydroxylation is 2. The fourth-order valence-corrected chi connectivity index (χ4v) is 2.58. The average molecular weight is 255 g/mol. The Morgan fingerprint density at radius 3 is 2.19 bits per heavy atom. The lowest BCUT2D eigenvalue weighted by Gasteiger charge is -2.26. The molecule has 0 bridgehead atoms. The Balaban J connectivity index is 3.12. The number of rotatable bonds is 4. The topological polar surface area (TPSA) is 12.0 Å². The summed E-state index contributed by atoms with van der Waals surface area (Å²) < 4.78 is 51.1. The molecule has 1 nitrogen and oxygen atoms in total. The smallest absolute Gasteiger partial charge is 0.308 e. The number of halogens is 4. The van der Waals surface area contributed by atoms with Crippen molar-refractivity contribution < 1.29 is 17.6 Å². The second-order valence-electron chi connectivity index (χ2n) is 3.57. The molecule has 0 aliphatic carbocycles. The molecule has 16 heavy (non-hydrogen) atoms. The Bertz CT molecular complexity index is 362. The minimum absolute atomic E-state index is 0.246. The van der Waals surface area contributed by atoms with Gasteiger partial charge in [-0.3, -0.25) is 0 Å². The van der Waals surface area contributed by atoms with Gasteiger partial charge in [-0.05, 0) is 32.5 Å². The third-order valence-electron chi connectivity index (χ3n) is 2.35. The first kappa shape index (κ1) is 13.4. The van der Waals surface area contributed by atoms with Crippen LogP contribution in [0.2, 0.25) is 0 Å². The van der Waals surface area contributed by atoms with Gasteiger partial charge < -0.3 is 5.32 Å². The largest absolute Gasteiger partial charge is 0.326 e. The molecule has 6 heteroatoms. The van der Waals surface area contributed by atoms with E-state index in [0.29, 0.717) is 4.88 Å². The maximum absolute atomic E-state index is 13.3. The molecule has 0 aliphatic rings. The number of alkyl halides is 4. The highest BCUT2D eigenvalue weighted by atomic mass is 32.1. The van der Waals surface area contributed by atoms with E-state index in [1.54, 1.807) is 13.8 Å². The Morgan fingerprint density at radius 2 is 1.88 bits per heavy atom. The molecule has 1 rings (SSSR count). The van der Waals surface area contributed by atoms with E-state index in [-0.39, 0.29) is 5.56 Å². The van der Waals surface area contributed by atoms with Gasteiger partial charge >= 0.3 is 12.3 Å². The fraction of sp³-hybridized carbons (Fsp3) is 0.600. The summed E-state index contributed by atoms with van der Waals surface area (Å²) in [5, 5.41) is 2.27. The minimum Gasteiger partial charge on any atom is -0.308 e. The van der Waals surface area contributed by atoms with E-state index >= 15 is 0 Å². The van der Waals surface area contributed by atoms with E-state index in [1.165, 1.54) is 24.5 Å². The Labute approximate surface area is 95.5 Å². The molecule has 0 aromatic carbocycles. The molecule has 1 aromatic rings. The Kier molecular flexibility index (Phi) is 3.96. The van der Waals surface area contributed by atoms with Crippen LogP contribution in [0.15, 0.2) is 6.07 Å². The first-order valence-electron chi connectivity index (χ1n) is 4.70. The Hall–Kier alpha value is -0.620. The van der Waals surface area contributed by atoms with Crippen molar-refractivity contribution >= 4 is 11.3 Å². The summed E-state index contributed by atoms with van der Waals surface area (Å²) in [5.41, 5.74) is 0.246. The average Bonchev–Trinajstić information content (AvgIpc) is 2.46. The highest BCUT2D eigenvalue weighted by Crippen LogP contribution is 2.39. The molecule has 1 heterocycles. The molecule has 1 aromatic heterocycles. The van der Waals surface area contributed by atoms with Crippen molar-refractivity contribution in [2.75, 3.05) is 7.05 Å². The second kappa shape index (κ2) is 4.71. The van der Waals surface area contributed by atoms with Crippen LogP contribution in [-0.4, -0.2) is 19.4 Å². The van der Waals surface area contributed by atoms with Crippen molar-refractivity contribution in [1.29, 1.82) is 0 Å². The maximum Gasteiger partial charge on any atom is 0.326 e. The molecular formula is C10H13F4NS. The molecule has 0 fully saturated rings. The van der Waals surface area contributed by atoms with Gasteiger partial charge in [-0.2, -0.15) is 8.78 Å². The van der Waals surface area contributed by atoms with Gasteiger partial charge in [0.05, 0.1) is 0 Å². The maximum atomic E-state index is 13.3. The van der Waals surface area contributed by atoms with Gasteiger partial charge in [-0.25, -0.2) is 8.78 Å². The summed E-state index contributed by atoms with van der Waals surface area (Å²) >= 11 is 1.32. The van der Waals surface area contributed by atoms with Crippen LogP contribution in [0.5, 0.6) is 0 Å². The zero-order chi connectivity index (χ0) is 12.5. The zero-order valence-corrected chi connectivity index (χ0v) is 9.97. The third-order valence-corrected chi connectivity index (χ3v) is 3.34. The summed E-state index contributed by atoms with van der Waals surface area (Å²) in [5.74, 6) is -4.06. The molecule has 1 N–H and O–H groups in total. The van der Waals surface area contributed by atoms with Gasteiger partial charge in [0, 0.05) is 9.75 Å². The summed E-state index contributed by atoms with van der Waals surface area (Å²) in [7, 11) is 1.26. The van der Waals surface area contributed by atoms with E-state index in [1.807, 2.05) is 0 Å². The summed E-state index contributed by atoms with van der Waals surface area (Å²) in [6, 6.07) is -0.116. The molecule has 0 spiro atoms. The van der Waals surface area contributed by atoms with Gasteiger partial charge in [0.2, 0.25) is 0 Å². The molecule has 0 radical (unpaired) electrons. The molecule has 0 amide bonds. The van der Waals surface area contributed by atoms with Gasteiger partial charge in [0.15, 0.2) is 0 Å². The molecule has 1 unspecified atom stereocenters. The summed E-state index contributed by atoms with van der Waals surface area (Å²) in [4.78, 5) is 1.47. The van der Waals surface area contributed by atoms with Crippen molar-refractivity contribution in [3.8, 4) is 0 Å². The number of thiophene rings is 1. The van der Waals surface area contributed by atoms with Crippen molar-refractivity contribution in [2.45, 2.75) is 32.2 Å². The van der Waals surface area contributed by atoms with Crippen LogP contribution in [0.1, 0.15) is 21.4 Å². The monoisotopic (exact) mass is 255 g/mol. The van der Waals surface area contributed by atoms with E-state index < -0.39 is 18.4 Å².